The van der Waals surface area contributed by atoms with Crippen LogP contribution >= 0.6 is 11.3 Å². The van der Waals surface area contributed by atoms with Gasteiger partial charge in [-0.1, -0.05) is 42.5 Å². The van der Waals surface area contributed by atoms with E-state index in [0.29, 0.717) is 13.1 Å². The zero-order valence-electron chi connectivity index (χ0n) is 19.9. The van der Waals surface area contributed by atoms with Gasteiger partial charge in [-0.25, -0.2) is 4.79 Å². The normalized spacial score (nSPS) is 16.6. The van der Waals surface area contributed by atoms with Crippen molar-refractivity contribution in [3.63, 3.8) is 0 Å². The number of aryl methyl sites for hydroxylation is 1. The summed E-state index contributed by atoms with van der Waals surface area (Å²) in [4.78, 5) is 17.4. The van der Waals surface area contributed by atoms with Crippen LogP contribution in [0.3, 0.4) is 0 Å². The van der Waals surface area contributed by atoms with Crippen molar-refractivity contribution >= 4 is 17.4 Å². The molecular weight excluding hydrogens is 454 g/mol. The molecule has 0 spiro atoms. The van der Waals surface area contributed by atoms with E-state index in [1.807, 2.05) is 46.6 Å². The number of benzene rings is 2. The minimum atomic E-state index is -0.171. The van der Waals surface area contributed by atoms with Gasteiger partial charge in [-0.05, 0) is 66.6 Å². The second-order valence-electron chi connectivity index (χ2n) is 9.25. The van der Waals surface area contributed by atoms with Crippen LogP contribution in [0.4, 0.5) is 4.79 Å². The van der Waals surface area contributed by atoms with E-state index in [2.05, 4.69) is 52.5 Å². The first-order chi connectivity index (χ1) is 17.2. The summed E-state index contributed by atoms with van der Waals surface area (Å²) in [6.45, 7) is 1.05. The lowest BCUT2D eigenvalue weighted by atomic mass is 9.95. The van der Waals surface area contributed by atoms with Gasteiger partial charge in [-0.2, -0.15) is 0 Å². The SMILES string of the molecule is COc1cccc(CNC(=O)N2Cc3c(sc4c3CCCC4)-n3cccc3[C@H]2c2ccccc2)c1. The third-order valence-corrected chi connectivity index (χ3v) is 8.47. The Morgan fingerprint density at radius 3 is 2.74 bits per heavy atom. The molecule has 2 aromatic carbocycles. The maximum absolute atomic E-state index is 13.9. The second kappa shape index (κ2) is 9.27. The molecule has 1 aliphatic carbocycles. The number of carbonyl (C=O) groups is 1. The number of carbonyl (C=O) groups excluding carboxylic acids is 1. The fourth-order valence-corrected chi connectivity index (χ4v) is 6.84. The standard InChI is InChI=1S/C29H29N3O2S/c1-34-22-12-7-9-20(17-22)18-30-29(33)32-19-24-23-13-5-6-15-26(23)35-28(24)31-16-8-14-25(31)27(32)21-10-3-2-4-11-21/h2-4,7-12,14,16-17,27H,5-6,13,15,18-19H2,1H3,(H,30,33)/t27-/m1/s1. The fraction of sp³-hybridized carbons (Fsp3) is 0.276. The predicted molar refractivity (Wildman–Crippen MR) is 139 cm³/mol. The molecule has 0 fully saturated rings. The summed E-state index contributed by atoms with van der Waals surface area (Å²) >= 11 is 1.91. The Bertz CT molecular complexity index is 1360. The molecule has 1 aliphatic heterocycles. The first-order valence-corrected chi connectivity index (χ1v) is 13.1. The van der Waals surface area contributed by atoms with Gasteiger partial charge in [0.25, 0.3) is 0 Å². The minimum absolute atomic E-state index is 0.0574. The number of nitrogens with zero attached hydrogens (tertiary/aromatic N) is 2. The summed E-state index contributed by atoms with van der Waals surface area (Å²) in [7, 11) is 1.66. The highest BCUT2D eigenvalue weighted by Crippen LogP contribution is 2.43. The van der Waals surface area contributed by atoms with Crippen LogP contribution in [0, 0.1) is 0 Å². The van der Waals surface area contributed by atoms with Crippen molar-refractivity contribution in [1.82, 2.24) is 14.8 Å². The number of ether oxygens (including phenoxy) is 1. The number of nitrogens with one attached hydrogen (secondary N) is 1. The second-order valence-corrected chi connectivity index (χ2v) is 10.3. The number of urea groups is 1. The highest BCUT2D eigenvalue weighted by Gasteiger charge is 2.35. The fourth-order valence-electron chi connectivity index (χ4n) is 5.43. The number of hydrogen-bond acceptors (Lipinski definition) is 3. The molecule has 2 aliphatic rings. The average molecular weight is 484 g/mol. The van der Waals surface area contributed by atoms with Crippen molar-refractivity contribution in [1.29, 1.82) is 0 Å². The van der Waals surface area contributed by atoms with Crippen LogP contribution in [0.2, 0.25) is 0 Å². The molecule has 6 rings (SSSR count). The van der Waals surface area contributed by atoms with Gasteiger partial charge in [-0.15, -0.1) is 11.3 Å². The molecule has 178 valence electrons. The lowest BCUT2D eigenvalue weighted by Crippen LogP contribution is -2.41. The lowest BCUT2D eigenvalue weighted by Gasteiger charge is -2.31. The summed E-state index contributed by atoms with van der Waals surface area (Å²) in [5.41, 5.74) is 6.05. The molecule has 5 nitrogen and oxygen atoms in total. The summed E-state index contributed by atoms with van der Waals surface area (Å²) in [6, 6.07) is 22.3. The molecule has 2 amide bonds. The van der Waals surface area contributed by atoms with Crippen LogP contribution in [-0.2, 0) is 25.9 Å². The molecule has 0 unspecified atom stereocenters. The van der Waals surface area contributed by atoms with E-state index < -0.39 is 0 Å². The number of rotatable bonds is 4. The molecule has 0 saturated carbocycles. The Labute approximate surface area is 210 Å². The summed E-state index contributed by atoms with van der Waals surface area (Å²) in [5, 5.41) is 4.48. The van der Waals surface area contributed by atoms with E-state index in [4.69, 9.17) is 4.74 Å². The molecule has 3 heterocycles. The molecule has 0 radical (unpaired) electrons. The van der Waals surface area contributed by atoms with Gasteiger partial charge < -0.3 is 19.5 Å². The zero-order chi connectivity index (χ0) is 23.8. The largest absolute Gasteiger partial charge is 0.497 e. The topological polar surface area (TPSA) is 46.5 Å². The summed E-state index contributed by atoms with van der Waals surface area (Å²) < 4.78 is 7.68. The molecular formula is C29H29N3O2S. The van der Waals surface area contributed by atoms with Crippen LogP contribution in [0.5, 0.6) is 5.75 Å². The van der Waals surface area contributed by atoms with Gasteiger partial charge in [-0.3, -0.25) is 0 Å². The van der Waals surface area contributed by atoms with Crippen LogP contribution in [0.25, 0.3) is 5.00 Å². The molecule has 4 aromatic rings. The van der Waals surface area contributed by atoms with Crippen LogP contribution in [0.15, 0.2) is 72.9 Å². The van der Waals surface area contributed by atoms with E-state index in [-0.39, 0.29) is 12.1 Å². The van der Waals surface area contributed by atoms with Crippen LogP contribution < -0.4 is 10.1 Å². The van der Waals surface area contributed by atoms with E-state index in [1.54, 1.807) is 7.11 Å². The van der Waals surface area contributed by atoms with Crippen molar-refractivity contribution in [2.45, 2.75) is 44.8 Å². The average Bonchev–Trinajstić information content (AvgIpc) is 3.50. The molecule has 1 N–H and O–H groups in total. The van der Waals surface area contributed by atoms with Crippen molar-refractivity contribution in [3.8, 4) is 10.8 Å². The first kappa shape index (κ1) is 22.0. The van der Waals surface area contributed by atoms with E-state index >= 15 is 0 Å². The van der Waals surface area contributed by atoms with Crippen molar-refractivity contribution in [2.24, 2.45) is 0 Å². The maximum Gasteiger partial charge on any atom is 0.318 e. The Hall–Kier alpha value is -3.51. The van der Waals surface area contributed by atoms with Gasteiger partial charge >= 0.3 is 6.03 Å². The van der Waals surface area contributed by atoms with Crippen molar-refractivity contribution in [2.75, 3.05) is 7.11 Å². The first-order valence-electron chi connectivity index (χ1n) is 12.3. The number of amides is 2. The third kappa shape index (κ3) is 4.02. The van der Waals surface area contributed by atoms with Crippen LogP contribution in [0.1, 0.15) is 51.7 Å². The Balaban J connectivity index is 1.41. The highest BCUT2D eigenvalue weighted by atomic mass is 32.1. The molecule has 0 saturated heterocycles. The minimum Gasteiger partial charge on any atom is -0.497 e. The van der Waals surface area contributed by atoms with Crippen molar-refractivity contribution in [3.05, 3.63) is 106 Å². The van der Waals surface area contributed by atoms with Crippen LogP contribution in [-0.4, -0.2) is 22.6 Å². The van der Waals surface area contributed by atoms with E-state index in [9.17, 15) is 4.79 Å². The van der Waals surface area contributed by atoms with Gasteiger partial charge in [0, 0.05) is 23.2 Å². The summed E-state index contributed by atoms with van der Waals surface area (Å²) in [5.74, 6) is 0.793. The van der Waals surface area contributed by atoms with E-state index in [0.717, 1.165) is 35.4 Å². The number of fused-ring (bicyclic) bond motifs is 5. The monoisotopic (exact) mass is 483 g/mol. The van der Waals surface area contributed by atoms with E-state index in [1.165, 1.54) is 33.8 Å². The number of hydrogen-bond donors (Lipinski definition) is 1. The van der Waals surface area contributed by atoms with Gasteiger partial charge in [0.05, 0.1) is 25.4 Å². The molecule has 6 heteroatoms. The van der Waals surface area contributed by atoms with Gasteiger partial charge in [0.15, 0.2) is 0 Å². The van der Waals surface area contributed by atoms with Gasteiger partial charge in [0.1, 0.15) is 10.8 Å². The zero-order valence-corrected chi connectivity index (χ0v) is 20.7. The molecule has 1 atom stereocenters. The lowest BCUT2D eigenvalue weighted by molar-refractivity contribution is 0.180. The number of aromatic nitrogens is 1. The third-order valence-electron chi connectivity index (χ3n) is 7.13. The summed E-state index contributed by atoms with van der Waals surface area (Å²) in [6.07, 6.45) is 6.88. The number of methoxy groups -OCH3 is 1. The predicted octanol–water partition coefficient (Wildman–Crippen LogP) is 6.24. The molecule has 0 bridgehead atoms. The molecule has 35 heavy (non-hydrogen) atoms. The highest BCUT2D eigenvalue weighted by molar-refractivity contribution is 7.15. The Kier molecular flexibility index (Phi) is 5.82. The quantitative estimate of drug-likeness (QED) is 0.373. The Morgan fingerprint density at radius 1 is 1.03 bits per heavy atom. The van der Waals surface area contributed by atoms with Crippen molar-refractivity contribution < 1.29 is 9.53 Å². The maximum atomic E-state index is 13.9. The number of thiophene rings is 1. The molecule has 2 aromatic heterocycles. The smallest absolute Gasteiger partial charge is 0.318 e. The van der Waals surface area contributed by atoms with Gasteiger partial charge in [0.2, 0.25) is 0 Å². The Morgan fingerprint density at radius 2 is 1.89 bits per heavy atom.